The quantitative estimate of drug-likeness (QED) is 0.766. The van der Waals surface area contributed by atoms with Crippen molar-refractivity contribution in [3.05, 3.63) is 29.3 Å². The van der Waals surface area contributed by atoms with E-state index in [9.17, 15) is 9.59 Å². The average Bonchev–Trinajstić information content (AvgIpc) is 3.01. The predicted octanol–water partition coefficient (Wildman–Crippen LogP) is 2.71. The van der Waals surface area contributed by atoms with Crippen molar-refractivity contribution in [1.29, 1.82) is 0 Å². The van der Waals surface area contributed by atoms with E-state index in [1.54, 1.807) is 16.2 Å². The minimum Gasteiger partial charge on any atom is -0.481 e. The Hall–Kier alpha value is -1.99. The summed E-state index contributed by atoms with van der Waals surface area (Å²) in [6.45, 7) is 1.34. The molecule has 1 atom stereocenters. The number of rotatable bonds is 7. The highest BCUT2D eigenvalue weighted by Gasteiger charge is 2.25. The molecule has 0 saturated carbocycles. The maximum atomic E-state index is 12.3. The number of hydrogen-bond acceptors (Lipinski definition) is 5. The fraction of sp³-hybridized carbons (Fsp3) is 0.500. The minimum atomic E-state index is -0.893. The van der Waals surface area contributed by atoms with Crippen molar-refractivity contribution in [2.24, 2.45) is 0 Å². The molecule has 0 unspecified atom stereocenters. The molecule has 6 nitrogen and oxygen atoms in total. The second kappa shape index (κ2) is 8.40. The van der Waals surface area contributed by atoms with Crippen LogP contribution in [0.25, 0.3) is 10.2 Å². The highest BCUT2D eigenvalue weighted by Crippen LogP contribution is 2.23. The second-order valence-electron chi connectivity index (χ2n) is 6.21. The topological polar surface area (TPSA) is 79.7 Å². The molecule has 1 aliphatic heterocycles. The second-order valence-corrected chi connectivity index (χ2v) is 7.33. The Labute approximate surface area is 150 Å². The van der Waals surface area contributed by atoms with Crippen LogP contribution in [0.1, 0.15) is 30.7 Å². The Morgan fingerprint density at radius 2 is 2.16 bits per heavy atom. The molecule has 1 N–H and O–H groups in total. The number of carbonyl (C=O) groups is 2. The molecule has 134 valence electrons. The molecule has 0 bridgehead atoms. The summed E-state index contributed by atoms with van der Waals surface area (Å²) in [4.78, 5) is 29.4. The first-order valence-corrected chi connectivity index (χ1v) is 9.39. The molecule has 1 fully saturated rings. The van der Waals surface area contributed by atoms with Crippen LogP contribution in [0.5, 0.6) is 0 Å². The number of unbranched alkanes of at least 4 members (excludes halogenated alkanes) is 1. The van der Waals surface area contributed by atoms with Crippen LogP contribution in [0.15, 0.2) is 24.3 Å². The van der Waals surface area contributed by atoms with E-state index in [0.717, 1.165) is 29.8 Å². The first kappa shape index (κ1) is 17.8. The Balaban J connectivity index is 1.40. The number of morpholine rings is 1. The molecule has 2 aromatic rings. The van der Waals surface area contributed by atoms with Crippen molar-refractivity contribution in [2.45, 2.75) is 38.2 Å². The van der Waals surface area contributed by atoms with E-state index in [-0.39, 0.29) is 12.3 Å². The van der Waals surface area contributed by atoms with Crippen molar-refractivity contribution in [3.63, 3.8) is 0 Å². The maximum absolute atomic E-state index is 12.3. The van der Waals surface area contributed by atoms with Crippen molar-refractivity contribution < 1.29 is 19.4 Å². The fourth-order valence-corrected chi connectivity index (χ4v) is 4.01. The van der Waals surface area contributed by atoms with Gasteiger partial charge < -0.3 is 14.7 Å². The summed E-state index contributed by atoms with van der Waals surface area (Å²) in [5.74, 6) is -0.807. The van der Waals surface area contributed by atoms with E-state index < -0.39 is 12.1 Å². The Bertz CT molecular complexity index is 713. The Morgan fingerprint density at radius 1 is 1.32 bits per heavy atom. The van der Waals surface area contributed by atoms with Crippen molar-refractivity contribution in [3.8, 4) is 0 Å². The van der Waals surface area contributed by atoms with Gasteiger partial charge in [-0.05, 0) is 31.4 Å². The van der Waals surface area contributed by atoms with Gasteiger partial charge in [-0.25, -0.2) is 4.98 Å². The zero-order chi connectivity index (χ0) is 17.6. The average molecular weight is 362 g/mol. The van der Waals surface area contributed by atoms with Crippen LogP contribution in [-0.4, -0.2) is 52.7 Å². The highest BCUT2D eigenvalue weighted by atomic mass is 32.1. The zero-order valence-electron chi connectivity index (χ0n) is 14.0. The van der Waals surface area contributed by atoms with Gasteiger partial charge in [-0.15, -0.1) is 11.3 Å². The molecular formula is C18H22N2O4S. The number of carbonyl (C=O) groups excluding carboxylic acids is 1. The third-order valence-electron chi connectivity index (χ3n) is 4.26. The van der Waals surface area contributed by atoms with Gasteiger partial charge in [0, 0.05) is 19.5 Å². The van der Waals surface area contributed by atoms with Gasteiger partial charge in [0.15, 0.2) is 0 Å². The number of amides is 1. The molecule has 3 rings (SSSR count). The number of fused-ring (bicyclic) bond motifs is 1. The number of thiazole rings is 1. The lowest BCUT2D eigenvalue weighted by molar-refractivity contribution is -0.147. The lowest BCUT2D eigenvalue weighted by atomic mass is 10.1. The van der Waals surface area contributed by atoms with Gasteiger partial charge >= 0.3 is 5.97 Å². The van der Waals surface area contributed by atoms with Crippen LogP contribution >= 0.6 is 11.3 Å². The molecule has 1 saturated heterocycles. The van der Waals surface area contributed by atoms with Crippen LogP contribution in [0.4, 0.5) is 0 Å². The summed E-state index contributed by atoms with van der Waals surface area (Å²) in [5, 5.41) is 9.95. The lowest BCUT2D eigenvalue weighted by Gasteiger charge is -2.32. The van der Waals surface area contributed by atoms with Crippen LogP contribution in [-0.2, 0) is 20.7 Å². The van der Waals surface area contributed by atoms with Gasteiger partial charge in [-0.2, -0.15) is 0 Å². The van der Waals surface area contributed by atoms with E-state index in [1.807, 2.05) is 18.2 Å². The number of carboxylic acids is 1. The molecule has 0 spiro atoms. The van der Waals surface area contributed by atoms with Crippen LogP contribution in [0.3, 0.4) is 0 Å². The van der Waals surface area contributed by atoms with Crippen molar-refractivity contribution in [1.82, 2.24) is 9.88 Å². The number of aryl methyl sites for hydroxylation is 1. The van der Waals surface area contributed by atoms with Crippen molar-refractivity contribution >= 4 is 33.4 Å². The van der Waals surface area contributed by atoms with E-state index >= 15 is 0 Å². The molecule has 1 aliphatic rings. The number of carboxylic acid groups (broad SMARTS) is 1. The number of ether oxygens (including phenoxy) is 1. The van der Waals surface area contributed by atoms with Gasteiger partial charge in [-0.3, -0.25) is 9.59 Å². The van der Waals surface area contributed by atoms with Gasteiger partial charge in [0.05, 0.1) is 34.4 Å². The first-order valence-electron chi connectivity index (χ1n) is 8.57. The monoisotopic (exact) mass is 362 g/mol. The molecule has 1 aromatic heterocycles. The molecule has 1 aromatic carbocycles. The third kappa shape index (κ3) is 4.99. The summed E-state index contributed by atoms with van der Waals surface area (Å²) in [6, 6.07) is 8.10. The summed E-state index contributed by atoms with van der Waals surface area (Å²) in [6.07, 6.45) is 2.67. The molecule has 25 heavy (non-hydrogen) atoms. The van der Waals surface area contributed by atoms with Gasteiger partial charge in [0.1, 0.15) is 0 Å². The summed E-state index contributed by atoms with van der Waals surface area (Å²) in [7, 11) is 0. The molecule has 7 heteroatoms. The standard InChI is InChI=1S/C18H22N2O4S/c21-17(20-9-10-24-13(12-20)11-18(22)23)8-4-3-7-16-19-14-5-1-2-6-15(14)25-16/h1-2,5-6,13H,3-4,7-12H2,(H,22,23)/t13-/m1/s1. The molecule has 2 heterocycles. The molecular weight excluding hydrogens is 340 g/mol. The minimum absolute atomic E-state index is 0.0542. The molecule has 0 aliphatic carbocycles. The van der Waals surface area contributed by atoms with Gasteiger partial charge in [0.25, 0.3) is 0 Å². The SMILES string of the molecule is O=C(O)C[C@@H]1CN(C(=O)CCCCc2nc3ccccc3s2)CCO1. The molecule has 0 radical (unpaired) electrons. The van der Waals surface area contributed by atoms with E-state index in [4.69, 9.17) is 9.84 Å². The highest BCUT2D eigenvalue weighted by molar-refractivity contribution is 7.18. The molecule has 1 amide bonds. The number of benzene rings is 1. The first-order chi connectivity index (χ1) is 12.1. The summed E-state index contributed by atoms with van der Waals surface area (Å²) >= 11 is 1.71. The smallest absolute Gasteiger partial charge is 0.306 e. The van der Waals surface area contributed by atoms with E-state index in [2.05, 4.69) is 11.1 Å². The number of nitrogens with zero attached hydrogens (tertiary/aromatic N) is 2. The van der Waals surface area contributed by atoms with Crippen LogP contribution < -0.4 is 0 Å². The number of aromatic nitrogens is 1. The van der Waals surface area contributed by atoms with Crippen LogP contribution in [0, 0.1) is 0 Å². The summed E-state index contributed by atoms with van der Waals surface area (Å²) in [5.41, 5.74) is 1.04. The Morgan fingerprint density at radius 3 is 2.96 bits per heavy atom. The zero-order valence-corrected chi connectivity index (χ0v) is 14.8. The maximum Gasteiger partial charge on any atom is 0.306 e. The fourth-order valence-electron chi connectivity index (χ4n) is 3.00. The largest absolute Gasteiger partial charge is 0.481 e. The van der Waals surface area contributed by atoms with E-state index in [1.165, 1.54) is 4.70 Å². The number of para-hydroxylation sites is 1. The lowest BCUT2D eigenvalue weighted by Crippen LogP contribution is -2.46. The third-order valence-corrected chi connectivity index (χ3v) is 5.36. The number of aliphatic carboxylic acids is 1. The van der Waals surface area contributed by atoms with Gasteiger partial charge in [0.2, 0.25) is 5.91 Å². The normalized spacial score (nSPS) is 17.8. The predicted molar refractivity (Wildman–Crippen MR) is 95.7 cm³/mol. The van der Waals surface area contributed by atoms with Crippen molar-refractivity contribution in [2.75, 3.05) is 19.7 Å². The van der Waals surface area contributed by atoms with Gasteiger partial charge in [-0.1, -0.05) is 12.1 Å². The van der Waals surface area contributed by atoms with E-state index in [0.29, 0.717) is 26.1 Å². The number of hydrogen-bond donors (Lipinski definition) is 1. The summed E-state index contributed by atoms with van der Waals surface area (Å²) < 4.78 is 6.60. The Kier molecular flexibility index (Phi) is 5.99. The van der Waals surface area contributed by atoms with Crippen LogP contribution in [0.2, 0.25) is 0 Å².